The lowest BCUT2D eigenvalue weighted by Gasteiger charge is -2.64. The van der Waals surface area contributed by atoms with Crippen LogP contribution in [-0.2, 0) is 31.7 Å². The molecule has 8 heteroatoms. The monoisotopic (exact) mass is 523 g/mol. The molecule has 5 unspecified atom stereocenters. The van der Waals surface area contributed by atoms with Gasteiger partial charge in [0.25, 0.3) is 0 Å². The predicted molar refractivity (Wildman–Crippen MR) is 145 cm³/mol. The molecule has 37 heavy (non-hydrogen) atoms. The van der Waals surface area contributed by atoms with E-state index in [1.54, 1.807) is 17.4 Å². The molecule has 1 amide bonds. The van der Waals surface area contributed by atoms with Crippen molar-refractivity contribution >= 4 is 30.3 Å². The van der Waals surface area contributed by atoms with Crippen molar-refractivity contribution in [1.29, 1.82) is 0 Å². The van der Waals surface area contributed by atoms with Crippen molar-refractivity contribution in [3.8, 4) is 0 Å². The minimum Gasteiger partial charge on any atom is -0.456 e. The molecule has 1 aromatic heterocycles. The van der Waals surface area contributed by atoms with Crippen LogP contribution >= 0.6 is 11.3 Å². The third-order valence-corrected chi connectivity index (χ3v) is 9.45. The van der Waals surface area contributed by atoms with E-state index in [9.17, 15) is 9.59 Å². The molecule has 198 valence electrons. The molecule has 2 bridgehead atoms. The highest BCUT2D eigenvalue weighted by atomic mass is 32.1. The quantitative estimate of drug-likeness (QED) is 0.397. The van der Waals surface area contributed by atoms with Crippen LogP contribution in [0.4, 0.5) is 0 Å². The Labute approximate surface area is 224 Å². The minimum atomic E-state index is -0.572. The molecule has 5 atom stereocenters. The minimum absolute atomic E-state index is 0.0269. The van der Waals surface area contributed by atoms with Crippen molar-refractivity contribution in [2.45, 2.75) is 90.5 Å². The van der Waals surface area contributed by atoms with Crippen molar-refractivity contribution in [3.05, 3.63) is 57.8 Å². The van der Waals surface area contributed by atoms with Gasteiger partial charge in [0.2, 0.25) is 5.91 Å². The molecule has 1 aromatic carbocycles. The van der Waals surface area contributed by atoms with Crippen LogP contribution in [0, 0.1) is 17.3 Å². The Kier molecular flexibility index (Phi) is 6.82. The summed E-state index contributed by atoms with van der Waals surface area (Å²) in [6.07, 6.45) is 2.98. The summed E-state index contributed by atoms with van der Waals surface area (Å²) in [4.78, 5) is 26.8. The normalized spacial score (nSPS) is 28.7. The number of carbonyl (C=O) groups excluding carboxylic acids is 2. The Morgan fingerprint density at radius 3 is 2.65 bits per heavy atom. The number of nitrogens with one attached hydrogen (secondary N) is 1. The molecule has 0 spiro atoms. The second kappa shape index (κ2) is 9.55. The fraction of sp³-hybridized carbons (Fsp3) is 0.586. The highest BCUT2D eigenvalue weighted by Gasteiger charge is 2.68. The SMILES string of the molecule is CC(C)(C)OC(=O)c1cccc(CC(NC(=O)Cc2cccs2)B2OC3CC4CC(C4(C)C)C3(C)O2)c1. The number of ether oxygens (including phenoxy) is 1. The van der Waals surface area contributed by atoms with Crippen molar-refractivity contribution < 1.29 is 23.6 Å². The summed E-state index contributed by atoms with van der Waals surface area (Å²) in [6.45, 7) is 12.4. The number of thiophene rings is 1. The number of amides is 1. The molecule has 0 radical (unpaired) electrons. The van der Waals surface area contributed by atoms with Crippen LogP contribution in [0.25, 0.3) is 0 Å². The second-order valence-corrected chi connectivity index (χ2v) is 13.7. The summed E-state index contributed by atoms with van der Waals surface area (Å²) in [5.41, 5.74) is 0.715. The molecule has 6 nitrogen and oxygen atoms in total. The summed E-state index contributed by atoms with van der Waals surface area (Å²) >= 11 is 1.57. The van der Waals surface area contributed by atoms with E-state index in [2.05, 4.69) is 26.1 Å². The summed E-state index contributed by atoms with van der Waals surface area (Å²) in [5, 5.41) is 5.19. The molecule has 1 N–H and O–H groups in total. The van der Waals surface area contributed by atoms with Gasteiger partial charge in [0, 0.05) is 4.88 Å². The van der Waals surface area contributed by atoms with Gasteiger partial charge < -0.3 is 19.4 Å². The Balaban J connectivity index is 1.36. The van der Waals surface area contributed by atoms with E-state index in [4.69, 9.17) is 14.0 Å². The molecular weight excluding hydrogens is 485 g/mol. The zero-order valence-electron chi connectivity index (χ0n) is 22.7. The molecule has 3 saturated carbocycles. The maximum Gasteiger partial charge on any atom is 0.482 e. The highest BCUT2D eigenvalue weighted by Crippen LogP contribution is 2.65. The van der Waals surface area contributed by atoms with Gasteiger partial charge in [-0.3, -0.25) is 4.79 Å². The lowest BCUT2D eigenvalue weighted by atomic mass is 9.43. The molecule has 6 rings (SSSR count). The topological polar surface area (TPSA) is 73.9 Å². The van der Waals surface area contributed by atoms with Crippen molar-refractivity contribution in [1.82, 2.24) is 5.32 Å². The first-order valence-electron chi connectivity index (χ1n) is 13.3. The van der Waals surface area contributed by atoms with Crippen LogP contribution in [0.15, 0.2) is 41.8 Å². The van der Waals surface area contributed by atoms with Gasteiger partial charge in [-0.25, -0.2) is 4.79 Å². The second-order valence-electron chi connectivity index (χ2n) is 12.7. The van der Waals surface area contributed by atoms with E-state index in [-0.39, 0.29) is 34.9 Å². The zero-order chi connectivity index (χ0) is 26.6. The highest BCUT2D eigenvalue weighted by molar-refractivity contribution is 7.10. The zero-order valence-corrected chi connectivity index (χ0v) is 23.5. The van der Waals surface area contributed by atoms with Gasteiger partial charge in [-0.05, 0) is 93.4 Å². The maximum atomic E-state index is 13.1. The third-order valence-electron chi connectivity index (χ3n) is 8.58. The lowest BCUT2D eigenvalue weighted by Crippen LogP contribution is -2.65. The number of benzene rings is 1. The predicted octanol–water partition coefficient (Wildman–Crippen LogP) is 5.24. The van der Waals surface area contributed by atoms with E-state index < -0.39 is 12.7 Å². The summed E-state index contributed by atoms with van der Waals surface area (Å²) in [5.74, 6) is 0.278. The molecule has 2 heterocycles. The summed E-state index contributed by atoms with van der Waals surface area (Å²) in [7, 11) is -0.553. The maximum absolute atomic E-state index is 13.1. The molecule has 4 aliphatic rings. The molecular formula is C29H38BNO5S. The average Bonchev–Trinajstić information content (AvgIpc) is 3.44. The standard InChI is InChI=1S/C29H38BNO5S/c1-27(2,3)34-26(33)19-10-7-9-18(13-19)14-24(31-25(32)17-21-11-8-12-37-21)30-35-23-16-20-15-22(28(20,4)5)29(23,6)36-30/h7-13,20,22-24H,14-17H2,1-6H3,(H,31,32). The van der Waals surface area contributed by atoms with Gasteiger partial charge in [-0.15, -0.1) is 11.3 Å². The Hall–Kier alpha value is -2.16. The number of hydrogen-bond donors (Lipinski definition) is 1. The van der Waals surface area contributed by atoms with Crippen molar-refractivity contribution in [3.63, 3.8) is 0 Å². The Bertz CT molecular complexity index is 1160. The van der Waals surface area contributed by atoms with E-state index >= 15 is 0 Å². The number of carbonyl (C=O) groups is 2. The van der Waals surface area contributed by atoms with Crippen LogP contribution in [-0.4, -0.2) is 42.2 Å². The lowest BCUT2D eigenvalue weighted by molar-refractivity contribution is -0.199. The van der Waals surface area contributed by atoms with Crippen LogP contribution in [0.2, 0.25) is 0 Å². The Morgan fingerprint density at radius 1 is 1.19 bits per heavy atom. The van der Waals surface area contributed by atoms with Crippen molar-refractivity contribution in [2.24, 2.45) is 17.3 Å². The van der Waals surface area contributed by atoms with E-state index in [1.807, 2.05) is 56.5 Å². The third kappa shape index (κ3) is 5.25. The fourth-order valence-corrected chi connectivity index (χ4v) is 7.24. The van der Waals surface area contributed by atoms with Crippen molar-refractivity contribution in [2.75, 3.05) is 0 Å². The number of rotatable bonds is 7. The molecule has 2 aromatic rings. The first-order valence-corrected chi connectivity index (χ1v) is 14.2. The average molecular weight is 524 g/mol. The molecule has 3 aliphatic carbocycles. The van der Waals surface area contributed by atoms with E-state index in [0.717, 1.165) is 16.9 Å². The first-order chi connectivity index (χ1) is 17.3. The molecule has 1 saturated heterocycles. The number of hydrogen-bond acceptors (Lipinski definition) is 6. The first kappa shape index (κ1) is 26.5. The van der Waals surface area contributed by atoms with E-state index in [0.29, 0.717) is 30.2 Å². The Morgan fingerprint density at radius 2 is 1.97 bits per heavy atom. The van der Waals surface area contributed by atoms with Gasteiger partial charge in [-0.2, -0.15) is 0 Å². The van der Waals surface area contributed by atoms with Gasteiger partial charge in [0.1, 0.15) is 5.60 Å². The van der Waals surface area contributed by atoms with Crippen LogP contribution in [0.3, 0.4) is 0 Å². The van der Waals surface area contributed by atoms with Gasteiger partial charge in [0.15, 0.2) is 0 Å². The van der Waals surface area contributed by atoms with Gasteiger partial charge in [-0.1, -0.05) is 32.0 Å². The van der Waals surface area contributed by atoms with Gasteiger partial charge >= 0.3 is 13.1 Å². The smallest absolute Gasteiger partial charge is 0.456 e. The molecule has 4 fully saturated rings. The van der Waals surface area contributed by atoms with Crippen LogP contribution in [0.5, 0.6) is 0 Å². The van der Waals surface area contributed by atoms with E-state index in [1.165, 1.54) is 6.42 Å². The molecule has 1 aliphatic heterocycles. The fourth-order valence-electron chi connectivity index (χ4n) is 6.53. The summed E-state index contributed by atoms with van der Waals surface area (Å²) < 4.78 is 18.8. The van der Waals surface area contributed by atoms with Crippen LogP contribution < -0.4 is 5.32 Å². The van der Waals surface area contributed by atoms with Gasteiger partial charge in [0.05, 0.1) is 29.6 Å². The summed E-state index contributed by atoms with van der Waals surface area (Å²) in [6, 6.07) is 11.3. The number of esters is 1. The largest absolute Gasteiger partial charge is 0.482 e. The van der Waals surface area contributed by atoms with Crippen LogP contribution in [0.1, 0.15) is 75.2 Å².